The van der Waals surface area contributed by atoms with Crippen molar-refractivity contribution in [3.05, 3.63) is 0 Å². The molecule has 0 radical (unpaired) electrons. The molecule has 0 saturated heterocycles. The smallest absolute Gasteiger partial charge is 0.223 e. The summed E-state index contributed by atoms with van der Waals surface area (Å²) in [7, 11) is 0. The Balaban J connectivity index is 3.82. The Morgan fingerprint density at radius 1 is 0.844 bits per heavy atom. The molecule has 0 rings (SSSR count). The van der Waals surface area contributed by atoms with E-state index in [9.17, 15) is 14.0 Å². The number of rotatable bonds is 22. The van der Waals surface area contributed by atoms with E-state index in [0.29, 0.717) is 19.8 Å². The topological polar surface area (TPSA) is 73.9 Å². The molecule has 0 heterocycles. The molecule has 0 aliphatic carbocycles. The first-order valence-corrected chi connectivity index (χ1v) is 12.6. The molecule has 1 amide bonds. The minimum atomic E-state index is -1.27. The van der Waals surface area contributed by atoms with Crippen LogP contribution in [0.5, 0.6) is 0 Å². The van der Waals surface area contributed by atoms with Crippen LogP contribution in [0, 0.1) is 11.8 Å². The van der Waals surface area contributed by atoms with E-state index in [4.69, 9.17) is 14.2 Å². The van der Waals surface area contributed by atoms with Gasteiger partial charge in [-0.25, -0.2) is 4.39 Å². The lowest BCUT2D eigenvalue weighted by Crippen LogP contribution is -2.39. The van der Waals surface area contributed by atoms with Crippen molar-refractivity contribution in [2.24, 2.45) is 11.8 Å². The van der Waals surface area contributed by atoms with Gasteiger partial charge in [-0.15, -0.1) is 0 Å². The monoisotopic (exact) mass is 461 g/mol. The van der Waals surface area contributed by atoms with Crippen LogP contribution in [-0.4, -0.2) is 63.5 Å². The summed E-state index contributed by atoms with van der Waals surface area (Å²) < 4.78 is 30.6. The fourth-order valence-electron chi connectivity index (χ4n) is 3.43. The fourth-order valence-corrected chi connectivity index (χ4v) is 3.43. The maximum absolute atomic E-state index is 14.3. The van der Waals surface area contributed by atoms with Gasteiger partial charge in [0.15, 0.2) is 5.78 Å². The van der Waals surface area contributed by atoms with Gasteiger partial charge in [0, 0.05) is 11.8 Å². The Kier molecular flexibility index (Phi) is 19.9. The number of hydrogen-bond donors (Lipinski definition) is 1. The third-order valence-electron chi connectivity index (χ3n) is 5.83. The summed E-state index contributed by atoms with van der Waals surface area (Å²) in [6.45, 7) is 11.3. The predicted molar refractivity (Wildman–Crippen MR) is 127 cm³/mol. The molecule has 0 fully saturated rings. The van der Waals surface area contributed by atoms with Crippen LogP contribution in [0.4, 0.5) is 4.39 Å². The van der Waals surface area contributed by atoms with E-state index in [1.807, 2.05) is 13.8 Å². The maximum Gasteiger partial charge on any atom is 0.223 e. The molecule has 0 aromatic heterocycles. The predicted octanol–water partition coefficient (Wildman–Crippen LogP) is 4.88. The van der Waals surface area contributed by atoms with E-state index in [1.165, 1.54) is 0 Å². The van der Waals surface area contributed by atoms with Crippen molar-refractivity contribution in [2.75, 3.05) is 39.6 Å². The second kappa shape index (κ2) is 20.5. The Labute approximate surface area is 195 Å². The van der Waals surface area contributed by atoms with Crippen LogP contribution in [0.25, 0.3) is 0 Å². The van der Waals surface area contributed by atoms with Crippen LogP contribution in [0.15, 0.2) is 0 Å². The lowest BCUT2D eigenvalue weighted by molar-refractivity contribution is -0.128. The molecule has 190 valence electrons. The summed E-state index contributed by atoms with van der Waals surface area (Å²) in [5.41, 5.74) is 0. The summed E-state index contributed by atoms with van der Waals surface area (Å²) in [6, 6.07) is 0. The van der Waals surface area contributed by atoms with Gasteiger partial charge < -0.3 is 19.5 Å². The third-order valence-corrected chi connectivity index (χ3v) is 5.83. The average Bonchev–Trinajstić information content (AvgIpc) is 2.79. The zero-order valence-corrected chi connectivity index (χ0v) is 21.1. The molecule has 0 aliphatic rings. The number of ketones is 1. The standard InChI is InChI=1S/C25H48FNO5/c1-6-10-12-21(8-3)24(28)19-31-15-14-30-16-17-32-20(5)23(26)18-27-25(29)22(9-4)13-11-7-2/h20-23H,6-19H2,1-5H3,(H,27,29). The van der Waals surface area contributed by atoms with Crippen molar-refractivity contribution in [1.82, 2.24) is 5.32 Å². The molecule has 0 aliphatic heterocycles. The third kappa shape index (κ3) is 14.9. The highest BCUT2D eigenvalue weighted by atomic mass is 19.1. The number of halogens is 1. The van der Waals surface area contributed by atoms with Crippen molar-refractivity contribution in [3.8, 4) is 0 Å². The molecule has 0 spiro atoms. The van der Waals surface area contributed by atoms with Crippen molar-refractivity contribution in [1.29, 1.82) is 0 Å². The first-order chi connectivity index (χ1) is 15.4. The highest BCUT2D eigenvalue weighted by molar-refractivity contribution is 5.82. The SMILES string of the molecule is CCCCC(CC)C(=O)COCCOCCOC(C)C(F)CNC(=O)C(CC)CCCC. The van der Waals surface area contributed by atoms with E-state index in [0.717, 1.165) is 51.4 Å². The quantitative estimate of drug-likeness (QED) is 0.233. The number of hydrogen-bond acceptors (Lipinski definition) is 5. The van der Waals surface area contributed by atoms with Crippen LogP contribution in [-0.2, 0) is 23.8 Å². The van der Waals surface area contributed by atoms with Gasteiger partial charge in [0.25, 0.3) is 0 Å². The first kappa shape index (κ1) is 30.9. The average molecular weight is 462 g/mol. The van der Waals surface area contributed by atoms with Crippen LogP contribution in [0.3, 0.4) is 0 Å². The highest BCUT2D eigenvalue weighted by Gasteiger charge is 2.21. The van der Waals surface area contributed by atoms with E-state index in [-0.39, 0.29) is 43.3 Å². The minimum Gasteiger partial charge on any atom is -0.377 e. The van der Waals surface area contributed by atoms with E-state index >= 15 is 0 Å². The molecule has 0 saturated carbocycles. The largest absolute Gasteiger partial charge is 0.377 e. The molecule has 32 heavy (non-hydrogen) atoms. The van der Waals surface area contributed by atoms with Crippen molar-refractivity contribution >= 4 is 11.7 Å². The van der Waals surface area contributed by atoms with Gasteiger partial charge in [-0.05, 0) is 32.6 Å². The molecular weight excluding hydrogens is 413 g/mol. The number of Topliss-reactive ketones (excluding diaryl/α,β-unsaturated/α-hetero) is 1. The van der Waals surface area contributed by atoms with E-state index in [1.54, 1.807) is 6.92 Å². The van der Waals surface area contributed by atoms with Gasteiger partial charge in [-0.2, -0.15) is 0 Å². The Hall–Kier alpha value is -1.05. The van der Waals surface area contributed by atoms with Crippen LogP contribution >= 0.6 is 0 Å². The summed E-state index contributed by atoms with van der Waals surface area (Å²) in [4.78, 5) is 24.3. The van der Waals surface area contributed by atoms with Crippen LogP contribution in [0.1, 0.15) is 86.0 Å². The Morgan fingerprint density at radius 3 is 2.00 bits per heavy atom. The van der Waals surface area contributed by atoms with Crippen LogP contribution in [0.2, 0.25) is 0 Å². The fraction of sp³-hybridized carbons (Fsp3) is 0.920. The molecular formula is C25H48FNO5. The minimum absolute atomic E-state index is 0.0393. The van der Waals surface area contributed by atoms with E-state index < -0.39 is 12.3 Å². The number of alkyl halides is 1. The Morgan fingerprint density at radius 2 is 1.41 bits per heavy atom. The number of unbranched alkanes of at least 4 members (excludes halogenated alkanes) is 2. The van der Waals surface area contributed by atoms with Gasteiger partial charge in [0.05, 0.1) is 39.1 Å². The van der Waals surface area contributed by atoms with Crippen LogP contribution < -0.4 is 5.32 Å². The van der Waals surface area contributed by atoms with Gasteiger partial charge >= 0.3 is 0 Å². The zero-order valence-electron chi connectivity index (χ0n) is 21.1. The number of carbonyl (C=O) groups excluding carboxylic acids is 2. The second-order valence-corrected chi connectivity index (χ2v) is 8.46. The van der Waals surface area contributed by atoms with Gasteiger partial charge in [-0.1, -0.05) is 53.4 Å². The molecule has 0 aromatic carbocycles. The molecule has 6 nitrogen and oxygen atoms in total. The normalized spacial score (nSPS) is 15.2. The first-order valence-electron chi connectivity index (χ1n) is 12.6. The zero-order chi connectivity index (χ0) is 24.2. The molecule has 4 atom stereocenters. The molecule has 0 bridgehead atoms. The van der Waals surface area contributed by atoms with Gasteiger partial charge in [-0.3, -0.25) is 9.59 Å². The van der Waals surface area contributed by atoms with E-state index in [2.05, 4.69) is 19.2 Å². The molecule has 7 heteroatoms. The summed E-state index contributed by atoms with van der Waals surface area (Å²) in [5, 5.41) is 2.71. The molecule has 1 N–H and O–H groups in total. The summed E-state index contributed by atoms with van der Waals surface area (Å²) >= 11 is 0. The van der Waals surface area contributed by atoms with Crippen molar-refractivity contribution in [3.63, 3.8) is 0 Å². The lowest BCUT2D eigenvalue weighted by atomic mass is 9.95. The van der Waals surface area contributed by atoms with Crippen molar-refractivity contribution < 1.29 is 28.2 Å². The summed E-state index contributed by atoms with van der Waals surface area (Å²) in [6.07, 6.45) is 5.70. The molecule has 4 unspecified atom stereocenters. The van der Waals surface area contributed by atoms with Gasteiger partial charge in [0.1, 0.15) is 12.8 Å². The highest BCUT2D eigenvalue weighted by Crippen LogP contribution is 2.14. The lowest BCUT2D eigenvalue weighted by Gasteiger charge is -2.20. The van der Waals surface area contributed by atoms with Gasteiger partial charge in [0.2, 0.25) is 5.91 Å². The molecule has 0 aromatic rings. The summed E-state index contributed by atoms with van der Waals surface area (Å²) in [5.74, 6) is 0.130. The number of carbonyl (C=O) groups is 2. The van der Waals surface area contributed by atoms with Crippen molar-refractivity contribution in [2.45, 2.75) is 98.3 Å². The number of nitrogens with one attached hydrogen (secondary N) is 1. The maximum atomic E-state index is 14.3. The number of amides is 1. The Bertz CT molecular complexity index is 477. The number of ether oxygens (including phenoxy) is 3. The second-order valence-electron chi connectivity index (χ2n) is 8.46.